The van der Waals surface area contributed by atoms with E-state index in [4.69, 9.17) is 0 Å². The Kier molecular flexibility index (Phi) is 4.65. The Hall–Kier alpha value is -2.44. The number of aryl methyl sites for hydroxylation is 1. The second kappa shape index (κ2) is 6.65. The third-order valence-electron chi connectivity index (χ3n) is 2.79. The van der Waals surface area contributed by atoms with Crippen molar-refractivity contribution in [3.63, 3.8) is 0 Å². The van der Waals surface area contributed by atoms with Gasteiger partial charge in [-0.2, -0.15) is 0 Å². The molecule has 0 saturated heterocycles. The van der Waals surface area contributed by atoms with Gasteiger partial charge in [0, 0.05) is 20.6 Å². The van der Waals surface area contributed by atoms with Crippen LogP contribution in [-0.2, 0) is 20.1 Å². The van der Waals surface area contributed by atoms with E-state index >= 15 is 0 Å². The summed E-state index contributed by atoms with van der Waals surface area (Å²) >= 11 is 0. The summed E-state index contributed by atoms with van der Waals surface area (Å²) in [4.78, 5) is 4.10. The molecule has 0 atom stereocenters. The average molecular weight is 276 g/mol. The predicted octanol–water partition coefficient (Wildman–Crippen LogP) is 0.819. The lowest BCUT2D eigenvalue weighted by atomic mass is 10.2. The van der Waals surface area contributed by atoms with Gasteiger partial charge in [-0.05, 0) is 17.7 Å². The Morgan fingerprint density at radius 1 is 1.35 bits per heavy atom. The van der Waals surface area contributed by atoms with Crippen LogP contribution in [0.3, 0.4) is 0 Å². The van der Waals surface area contributed by atoms with Crippen molar-refractivity contribution in [3.8, 4) is 0 Å². The van der Waals surface area contributed by atoms with Gasteiger partial charge in [-0.3, -0.25) is 4.99 Å². The lowest BCUT2D eigenvalue weighted by molar-refractivity contribution is 0.624. The number of halogens is 1. The Morgan fingerprint density at radius 3 is 2.80 bits per heavy atom. The zero-order valence-electron chi connectivity index (χ0n) is 11.5. The highest BCUT2D eigenvalue weighted by Crippen LogP contribution is 2.02. The Labute approximate surface area is 116 Å². The van der Waals surface area contributed by atoms with Crippen LogP contribution in [0.5, 0.6) is 0 Å². The maximum absolute atomic E-state index is 13.1. The number of rotatable bonds is 4. The summed E-state index contributed by atoms with van der Waals surface area (Å²) in [6.07, 6.45) is 1.64. The van der Waals surface area contributed by atoms with Gasteiger partial charge >= 0.3 is 0 Å². The van der Waals surface area contributed by atoms with E-state index in [1.807, 2.05) is 17.7 Å². The van der Waals surface area contributed by atoms with Crippen LogP contribution in [0, 0.1) is 5.82 Å². The fourth-order valence-electron chi connectivity index (χ4n) is 1.68. The largest absolute Gasteiger partial charge is 0.352 e. The van der Waals surface area contributed by atoms with Crippen LogP contribution in [0.1, 0.15) is 11.4 Å². The van der Waals surface area contributed by atoms with Crippen molar-refractivity contribution in [2.45, 2.75) is 13.1 Å². The van der Waals surface area contributed by atoms with Gasteiger partial charge in [-0.1, -0.05) is 12.1 Å². The molecule has 0 bridgehead atoms. The monoisotopic (exact) mass is 276 g/mol. The summed E-state index contributed by atoms with van der Waals surface area (Å²) in [5, 5.41) is 14.0. The lowest BCUT2D eigenvalue weighted by Crippen LogP contribution is -2.36. The zero-order chi connectivity index (χ0) is 14.4. The highest BCUT2D eigenvalue weighted by Gasteiger charge is 2.03. The first-order valence-corrected chi connectivity index (χ1v) is 6.21. The van der Waals surface area contributed by atoms with Gasteiger partial charge in [-0.15, -0.1) is 10.2 Å². The van der Waals surface area contributed by atoms with E-state index in [-0.39, 0.29) is 5.82 Å². The van der Waals surface area contributed by atoms with Gasteiger partial charge in [-0.25, -0.2) is 4.39 Å². The maximum atomic E-state index is 13.1. The number of hydrogen-bond acceptors (Lipinski definition) is 3. The van der Waals surface area contributed by atoms with Crippen molar-refractivity contribution >= 4 is 5.96 Å². The maximum Gasteiger partial charge on any atom is 0.191 e. The predicted molar refractivity (Wildman–Crippen MR) is 74.4 cm³/mol. The molecular formula is C13H17FN6. The van der Waals surface area contributed by atoms with Crippen molar-refractivity contribution in [2.24, 2.45) is 12.0 Å². The molecule has 2 aromatic rings. The third kappa shape index (κ3) is 3.78. The Balaban J connectivity index is 1.85. The molecule has 0 saturated carbocycles. The first-order chi connectivity index (χ1) is 9.69. The normalized spacial score (nSPS) is 11.4. The molecule has 106 valence electrons. The molecule has 0 amide bonds. The minimum Gasteiger partial charge on any atom is -0.352 e. The quantitative estimate of drug-likeness (QED) is 0.641. The highest BCUT2D eigenvalue weighted by molar-refractivity contribution is 5.79. The van der Waals surface area contributed by atoms with Crippen LogP contribution in [0.15, 0.2) is 35.6 Å². The second-order valence-electron chi connectivity index (χ2n) is 4.27. The molecule has 0 fully saturated rings. The molecule has 0 aliphatic carbocycles. The molecule has 1 aromatic heterocycles. The summed E-state index contributed by atoms with van der Waals surface area (Å²) in [6, 6.07) is 6.45. The molecule has 1 heterocycles. The summed E-state index contributed by atoms with van der Waals surface area (Å²) in [5.74, 6) is 1.18. The smallest absolute Gasteiger partial charge is 0.191 e. The first kappa shape index (κ1) is 14.0. The fraction of sp³-hybridized carbons (Fsp3) is 0.308. The van der Waals surface area contributed by atoms with Crippen LogP contribution < -0.4 is 10.6 Å². The van der Waals surface area contributed by atoms with Crippen LogP contribution in [-0.4, -0.2) is 27.8 Å². The van der Waals surface area contributed by atoms with E-state index in [0.29, 0.717) is 19.0 Å². The first-order valence-electron chi connectivity index (χ1n) is 6.21. The van der Waals surface area contributed by atoms with Crippen molar-refractivity contribution < 1.29 is 4.39 Å². The number of benzene rings is 1. The van der Waals surface area contributed by atoms with Crippen molar-refractivity contribution in [1.82, 2.24) is 25.4 Å². The van der Waals surface area contributed by atoms with Gasteiger partial charge < -0.3 is 15.2 Å². The summed E-state index contributed by atoms with van der Waals surface area (Å²) < 4.78 is 14.9. The van der Waals surface area contributed by atoms with Crippen molar-refractivity contribution in [1.29, 1.82) is 0 Å². The number of nitrogens with one attached hydrogen (secondary N) is 2. The minimum atomic E-state index is -0.244. The number of nitrogens with zero attached hydrogens (tertiary/aromatic N) is 4. The number of hydrogen-bond donors (Lipinski definition) is 2. The van der Waals surface area contributed by atoms with Gasteiger partial charge in [0.05, 0.1) is 6.54 Å². The van der Waals surface area contributed by atoms with Gasteiger partial charge in [0.2, 0.25) is 0 Å². The number of guanidine groups is 1. The Morgan fingerprint density at radius 2 is 2.15 bits per heavy atom. The van der Waals surface area contributed by atoms with E-state index in [9.17, 15) is 4.39 Å². The van der Waals surface area contributed by atoms with Crippen molar-refractivity contribution in [2.75, 3.05) is 7.05 Å². The van der Waals surface area contributed by atoms with E-state index in [1.165, 1.54) is 12.1 Å². The molecule has 0 unspecified atom stereocenters. The minimum absolute atomic E-state index is 0.244. The molecule has 0 radical (unpaired) electrons. The number of aliphatic imine (C=N–C) groups is 1. The van der Waals surface area contributed by atoms with Crippen LogP contribution in [0.25, 0.3) is 0 Å². The molecule has 2 N–H and O–H groups in total. The van der Waals surface area contributed by atoms with Crippen LogP contribution in [0.2, 0.25) is 0 Å². The summed E-state index contributed by atoms with van der Waals surface area (Å²) in [6.45, 7) is 1.01. The fourth-order valence-corrected chi connectivity index (χ4v) is 1.68. The molecule has 1 aromatic carbocycles. The molecule has 7 heteroatoms. The molecule has 0 spiro atoms. The lowest BCUT2D eigenvalue weighted by Gasteiger charge is -2.11. The summed E-state index contributed by atoms with van der Waals surface area (Å²) in [7, 11) is 3.55. The average Bonchev–Trinajstić information content (AvgIpc) is 2.85. The van der Waals surface area contributed by atoms with Crippen molar-refractivity contribution in [3.05, 3.63) is 47.8 Å². The molecule has 20 heavy (non-hydrogen) atoms. The Bertz CT molecular complexity index is 592. The number of aromatic nitrogens is 3. The third-order valence-corrected chi connectivity index (χ3v) is 2.79. The standard InChI is InChI=1S/C13H17FN6/c1-15-13(17-8-12-19-18-9-20(12)2)16-7-10-4-3-5-11(14)6-10/h3-6,9H,7-8H2,1-2H3,(H2,15,16,17). The highest BCUT2D eigenvalue weighted by atomic mass is 19.1. The summed E-state index contributed by atoms with van der Waals surface area (Å²) in [5.41, 5.74) is 0.853. The van der Waals surface area contributed by atoms with E-state index < -0.39 is 0 Å². The van der Waals surface area contributed by atoms with Gasteiger partial charge in [0.1, 0.15) is 12.1 Å². The molecule has 2 rings (SSSR count). The van der Waals surface area contributed by atoms with E-state index in [1.54, 1.807) is 19.4 Å². The topological polar surface area (TPSA) is 67.1 Å². The molecule has 0 aliphatic rings. The molecule has 0 aliphatic heterocycles. The van der Waals surface area contributed by atoms with Crippen LogP contribution >= 0.6 is 0 Å². The second-order valence-corrected chi connectivity index (χ2v) is 4.27. The SMILES string of the molecule is CN=C(NCc1cccc(F)c1)NCc1nncn1C. The zero-order valence-corrected chi connectivity index (χ0v) is 11.5. The van der Waals surface area contributed by atoms with E-state index in [0.717, 1.165) is 11.4 Å². The molecule has 6 nitrogen and oxygen atoms in total. The molecular weight excluding hydrogens is 259 g/mol. The van der Waals surface area contributed by atoms with Gasteiger partial charge in [0.15, 0.2) is 11.8 Å². The van der Waals surface area contributed by atoms with Gasteiger partial charge in [0.25, 0.3) is 0 Å². The van der Waals surface area contributed by atoms with E-state index in [2.05, 4.69) is 25.8 Å². The van der Waals surface area contributed by atoms with Crippen LogP contribution in [0.4, 0.5) is 4.39 Å².